The molecule has 0 unspecified atom stereocenters. The molecule has 0 aliphatic heterocycles. The second-order valence-corrected chi connectivity index (χ2v) is 6.33. The summed E-state index contributed by atoms with van der Waals surface area (Å²) in [6, 6.07) is 12.9. The number of carbonyl (C=O) groups is 1. The summed E-state index contributed by atoms with van der Waals surface area (Å²) in [7, 11) is 1.49. The van der Waals surface area contributed by atoms with Crippen molar-refractivity contribution < 1.29 is 18.7 Å². The number of pyridine rings is 1. The van der Waals surface area contributed by atoms with Crippen LogP contribution in [0.2, 0.25) is 0 Å². The molecule has 1 heterocycles. The fourth-order valence-electron chi connectivity index (χ4n) is 2.79. The molecule has 0 saturated carbocycles. The predicted octanol–water partition coefficient (Wildman–Crippen LogP) is 3.45. The SMILES string of the molecule is COc1ccc(C(=O)NCCc2ccncc2)cc1Oc1cc(F)cc(CN)c1. The summed E-state index contributed by atoms with van der Waals surface area (Å²) in [4.78, 5) is 16.5. The van der Waals surface area contributed by atoms with Gasteiger partial charge in [-0.05, 0) is 60.0 Å². The van der Waals surface area contributed by atoms with Crippen molar-refractivity contribution in [1.29, 1.82) is 0 Å². The fourth-order valence-corrected chi connectivity index (χ4v) is 2.79. The van der Waals surface area contributed by atoms with Gasteiger partial charge >= 0.3 is 0 Å². The van der Waals surface area contributed by atoms with Crippen LogP contribution in [0.25, 0.3) is 0 Å². The molecule has 3 aromatic rings. The van der Waals surface area contributed by atoms with Gasteiger partial charge in [-0.1, -0.05) is 0 Å². The Morgan fingerprint density at radius 1 is 1.07 bits per heavy atom. The van der Waals surface area contributed by atoms with Gasteiger partial charge in [-0.25, -0.2) is 4.39 Å². The number of hydrogen-bond acceptors (Lipinski definition) is 5. The lowest BCUT2D eigenvalue weighted by Gasteiger charge is -2.13. The zero-order chi connectivity index (χ0) is 20.6. The standard InChI is InChI=1S/C22H22FN3O3/c1-28-20-3-2-17(22(27)26-9-6-15-4-7-25-8-5-15)12-21(20)29-19-11-16(14-24)10-18(23)13-19/h2-5,7-8,10-13H,6,9,14,24H2,1H3,(H,26,27). The Kier molecular flexibility index (Phi) is 6.76. The molecule has 0 saturated heterocycles. The number of rotatable bonds is 8. The number of hydrogen-bond donors (Lipinski definition) is 2. The summed E-state index contributed by atoms with van der Waals surface area (Å²) in [6.45, 7) is 0.667. The van der Waals surface area contributed by atoms with Crippen molar-refractivity contribution >= 4 is 5.91 Å². The van der Waals surface area contributed by atoms with Crippen LogP contribution in [0.15, 0.2) is 60.9 Å². The first-order valence-electron chi connectivity index (χ1n) is 9.11. The molecule has 7 heteroatoms. The number of carbonyl (C=O) groups excluding carboxylic acids is 1. The minimum Gasteiger partial charge on any atom is -0.493 e. The van der Waals surface area contributed by atoms with E-state index in [9.17, 15) is 9.18 Å². The molecule has 1 aromatic heterocycles. The lowest BCUT2D eigenvalue weighted by molar-refractivity contribution is 0.0953. The van der Waals surface area contributed by atoms with E-state index in [0.29, 0.717) is 35.6 Å². The van der Waals surface area contributed by atoms with Crippen LogP contribution in [0, 0.1) is 5.82 Å². The van der Waals surface area contributed by atoms with Crippen LogP contribution in [-0.2, 0) is 13.0 Å². The molecule has 0 spiro atoms. The number of benzene rings is 2. The van der Waals surface area contributed by atoms with E-state index in [-0.39, 0.29) is 18.2 Å². The second kappa shape index (κ2) is 9.66. The fraction of sp³-hybridized carbons (Fsp3) is 0.182. The van der Waals surface area contributed by atoms with E-state index < -0.39 is 5.82 Å². The third kappa shape index (κ3) is 5.52. The largest absolute Gasteiger partial charge is 0.493 e. The number of amides is 1. The van der Waals surface area contributed by atoms with E-state index in [4.69, 9.17) is 15.2 Å². The van der Waals surface area contributed by atoms with E-state index in [2.05, 4.69) is 10.3 Å². The lowest BCUT2D eigenvalue weighted by Crippen LogP contribution is -2.25. The van der Waals surface area contributed by atoms with Crippen LogP contribution in [0.5, 0.6) is 17.2 Å². The number of nitrogens with one attached hydrogen (secondary N) is 1. The minimum absolute atomic E-state index is 0.186. The van der Waals surface area contributed by atoms with Crippen LogP contribution >= 0.6 is 0 Å². The van der Waals surface area contributed by atoms with Crippen LogP contribution < -0.4 is 20.5 Å². The van der Waals surface area contributed by atoms with Gasteiger partial charge in [0, 0.05) is 37.1 Å². The van der Waals surface area contributed by atoms with Crippen molar-refractivity contribution in [2.75, 3.05) is 13.7 Å². The smallest absolute Gasteiger partial charge is 0.251 e. The first-order chi connectivity index (χ1) is 14.1. The van der Waals surface area contributed by atoms with E-state index in [1.54, 1.807) is 36.7 Å². The molecule has 0 aliphatic rings. The molecule has 2 aromatic carbocycles. The van der Waals surface area contributed by atoms with Crippen molar-refractivity contribution in [2.45, 2.75) is 13.0 Å². The zero-order valence-corrected chi connectivity index (χ0v) is 16.0. The number of nitrogens with two attached hydrogens (primary N) is 1. The topological polar surface area (TPSA) is 86.5 Å². The molecule has 150 valence electrons. The van der Waals surface area contributed by atoms with E-state index in [0.717, 1.165) is 5.56 Å². The monoisotopic (exact) mass is 395 g/mol. The Labute approximate surface area is 168 Å². The van der Waals surface area contributed by atoms with Gasteiger partial charge < -0.3 is 20.5 Å². The Balaban J connectivity index is 1.72. The Bertz CT molecular complexity index is 980. The number of halogens is 1. The van der Waals surface area contributed by atoms with Gasteiger partial charge in [0.2, 0.25) is 0 Å². The van der Waals surface area contributed by atoms with Gasteiger partial charge in [0.25, 0.3) is 5.91 Å². The maximum Gasteiger partial charge on any atom is 0.251 e. The molecule has 0 radical (unpaired) electrons. The average Bonchev–Trinajstić information content (AvgIpc) is 2.74. The molecular formula is C22H22FN3O3. The summed E-state index contributed by atoms with van der Waals surface area (Å²) in [5.74, 6) is 0.319. The molecule has 3 N–H and O–H groups in total. The third-order valence-electron chi connectivity index (χ3n) is 4.27. The van der Waals surface area contributed by atoms with Crippen molar-refractivity contribution in [3.8, 4) is 17.2 Å². The van der Waals surface area contributed by atoms with Gasteiger partial charge in [0.15, 0.2) is 11.5 Å². The van der Waals surface area contributed by atoms with E-state index in [1.807, 2.05) is 12.1 Å². The molecule has 0 atom stereocenters. The molecule has 0 fully saturated rings. The van der Waals surface area contributed by atoms with Crippen LogP contribution in [-0.4, -0.2) is 24.5 Å². The maximum absolute atomic E-state index is 13.8. The molecular weight excluding hydrogens is 373 g/mol. The molecule has 1 amide bonds. The molecule has 6 nitrogen and oxygen atoms in total. The van der Waals surface area contributed by atoms with Crippen molar-refractivity contribution in [3.05, 3.63) is 83.4 Å². The van der Waals surface area contributed by atoms with E-state index >= 15 is 0 Å². The Hall–Kier alpha value is -3.45. The highest BCUT2D eigenvalue weighted by atomic mass is 19.1. The highest BCUT2D eigenvalue weighted by Crippen LogP contribution is 2.33. The van der Waals surface area contributed by atoms with Gasteiger partial charge in [0.05, 0.1) is 7.11 Å². The van der Waals surface area contributed by atoms with Crippen molar-refractivity contribution in [3.63, 3.8) is 0 Å². The summed E-state index contributed by atoms with van der Waals surface area (Å²) < 4.78 is 24.8. The zero-order valence-electron chi connectivity index (χ0n) is 16.0. The Morgan fingerprint density at radius 2 is 1.86 bits per heavy atom. The van der Waals surface area contributed by atoms with Crippen LogP contribution in [0.1, 0.15) is 21.5 Å². The highest BCUT2D eigenvalue weighted by Gasteiger charge is 2.13. The molecule has 0 aliphatic carbocycles. The molecule has 29 heavy (non-hydrogen) atoms. The summed E-state index contributed by atoms with van der Waals surface area (Å²) in [6.07, 6.45) is 4.12. The predicted molar refractivity (Wildman–Crippen MR) is 108 cm³/mol. The number of ether oxygens (including phenoxy) is 2. The van der Waals surface area contributed by atoms with Crippen molar-refractivity contribution in [1.82, 2.24) is 10.3 Å². The summed E-state index contributed by atoms with van der Waals surface area (Å²) in [5.41, 5.74) is 7.68. The molecule has 0 bridgehead atoms. The normalized spacial score (nSPS) is 10.4. The van der Waals surface area contributed by atoms with Crippen LogP contribution in [0.3, 0.4) is 0 Å². The van der Waals surface area contributed by atoms with Gasteiger partial charge in [-0.3, -0.25) is 9.78 Å². The highest BCUT2D eigenvalue weighted by molar-refractivity contribution is 5.94. The summed E-state index contributed by atoms with van der Waals surface area (Å²) in [5, 5.41) is 2.87. The maximum atomic E-state index is 13.8. The first kappa shape index (κ1) is 20.3. The quantitative estimate of drug-likeness (QED) is 0.610. The van der Waals surface area contributed by atoms with Crippen molar-refractivity contribution in [2.24, 2.45) is 5.73 Å². The first-order valence-corrected chi connectivity index (χ1v) is 9.11. The number of nitrogens with zero attached hydrogens (tertiary/aromatic N) is 1. The van der Waals surface area contributed by atoms with Gasteiger partial charge in [-0.2, -0.15) is 0 Å². The molecule has 3 rings (SSSR count). The minimum atomic E-state index is -0.452. The second-order valence-electron chi connectivity index (χ2n) is 6.33. The van der Waals surface area contributed by atoms with Crippen LogP contribution in [0.4, 0.5) is 4.39 Å². The van der Waals surface area contributed by atoms with E-state index in [1.165, 1.54) is 19.2 Å². The number of aromatic nitrogens is 1. The summed E-state index contributed by atoms with van der Waals surface area (Å²) >= 11 is 0. The average molecular weight is 395 g/mol. The number of methoxy groups -OCH3 is 1. The van der Waals surface area contributed by atoms with Gasteiger partial charge in [0.1, 0.15) is 11.6 Å². The third-order valence-corrected chi connectivity index (χ3v) is 4.27. The lowest BCUT2D eigenvalue weighted by atomic mass is 10.1. The van der Waals surface area contributed by atoms with Gasteiger partial charge in [-0.15, -0.1) is 0 Å². The Morgan fingerprint density at radius 3 is 2.59 bits per heavy atom.